The van der Waals surface area contributed by atoms with Gasteiger partial charge in [0.15, 0.2) is 0 Å². The normalized spacial score (nSPS) is 12.7. The van der Waals surface area contributed by atoms with E-state index < -0.39 is 0 Å². The second kappa shape index (κ2) is 12.0. The zero-order chi connectivity index (χ0) is 31.9. The van der Waals surface area contributed by atoms with E-state index in [0.29, 0.717) is 0 Å². The molecular weight excluding hydrogens is 585 g/mol. The number of rotatable bonds is 4. The molecule has 48 heavy (non-hydrogen) atoms. The third kappa shape index (κ3) is 5.03. The number of benzene rings is 4. The summed E-state index contributed by atoms with van der Waals surface area (Å²) in [6, 6.07) is 51.6. The first-order valence-electron chi connectivity index (χ1n) is 16.8. The molecule has 0 aliphatic carbocycles. The minimum Gasteiger partial charge on any atom is -0.354 e. The summed E-state index contributed by atoms with van der Waals surface area (Å²) in [5.41, 5.74) is 17.9. The topological polar surface area (TPSA) is 57.4 Å². The van der Waals surface area contributed by atoms with Crippen molar-refractivity contribution in [2.75, 3.05) is 0 Å². The first kappa shape index (κ1) is 28.2. The van der Waals surface area contributed by atoms with Gasteiger partial charge in [0, 0.05) is 44.3 Å². The predicted octanol–water partition coefficient (Wildman–Crippen LogP) is 10.6. The summed E-state index contributed by atoms with van der Waals surface area (Å²) in [5, 5.41) is 0. The lowest BCUT2D eigenvalue weighted by atomic mass is 9.98. The highest BCUT2D eigenvalue weighted by Gasteiger charge is 2.23. The Morgan fingerprint density at radius 2 is 0.562 bits per heavy atom. The summed E-state index contributed by atoms with van der Waals surface area (Å²) in [6.07, 6.45) is 3.47. The summed E-state index contributed by atoms with van der Waals surface area (Å²) < 4.78 is 0. The Bertz CT molecular complexity index is 2290. The van der Waals surface area contributed by atoms with E-state index >= 15 is 0 Å². The molecule has 0 saturated carbocycles. The molecule has 9 rings (SSSR count). The average Bonchev–Trinajstić information content (AvgIpc) is 3.98. The van der Waals surface area contributed by atoms with Crippen molar-refractivity contribution in [1.29, 1.82) is 0 Å². The smallest absolute Gasteiger partial charge is 0.0510 e. The maximum absolute atomic E-state index is 5.48. The molecule has 2 aliphatic rings. The molecule has 0 unspecified atom stereocenters. The van der Waals surface area contributed by atoms with Crippen molar-refractivity contribution in [1.82, 2.24) is 19.9 Å². The lowest BCUT2D eigenvalue weighted by Crippen LogP contribution is -1.93. The van der Waals surface area contributed by atoms with E-state index in [-0.39, 0.29) is 0 Å². The van der Waals surface area contributed by atoms with Gasteiger partial charge in [-0.05, 0) is 72.2 Å². The number of aromatic amines is 2. The molecule has 5 heterocycles. The van der Waals surface area contributed by atoms with E-state index in [1.165, 1.54) is 11.1 Å². The fraction of sp³-hybridized carbons (Fsp3) is 0.0909. The molecule has 230 valence electrons. The lowest BCUT2D eigenvalue weighted by Gasteiger charge is -2.07. The number of aromatic nitrogens is 4. The molecule has 8 bridgehead atoms. The minimum absolute atomic E-state index is 0.865. The van der Waals surface area contributed by atoms with Crippen molar-refractivity contribution in [3.63, 3.8) is 0 Å². The van der Waals surface area contributed by atoms with Crippen LogP contribution in [0.2, 0.25) is 0 Å². The third-order valence-corrected chi connectivity index (χ3v) is 9.59. The SMILES string of the molecule is c1ccc(-c2c3nc(c(-c4ccccc4)c4ccc([nH]4)c(-c4ccccc4)c4ccc([nH]4)c(-c4ccccc4)c4nc2CC4)CC3)cc1. The molecule has 4 aromatic carbocycles. The second-order valence-electron chi connectivity index (χ2n) is 12.5. The highest BCUT2D eigenvalue weighted by atomic mass is 14.8. The molecule has 0 atom stereocenters. The van der Waals surface area contributed by atoms with E-state index in [9.17, 15) is 0 Å². The molecule has 3 aromatic heterocycles. The zero-order valence-corrected chi connectivity index (χ0v) is 26.6. The van der Waals surface area contributed by atoms with Crippen LogP contribution in [0.4, 0.5) is 0 Å². The fourth-order valence-electron chi connectivity index (χ4n) is 7.45. The first-order chi connectivity index (χ1) is 23.8. The molecule has 4 heteroatoms. The molecule has 0 saturated heterocycles. The van der Waals surface area contributed by atoms with E-state index in [4.69, 9.17) is 9.97 Å². The van der Waals surface area contributed by atoms with Crippen LogP contribution in [0.3, 0.4) is 0 Å². The van der Waals surface area contributed by atoms with Gasteiger partial charge in [-0.2, -0.15) is 0 Å². The molecule has 2 N–H and O–H groups in total. The number of nitrogens with one attached hydrogen (secondary N) is 2. The Morgan fingerprint density at radius 3 is 0.917 bits per heavy atom. The van der Waals surface area contributed by atoms with Crippen LogP contribution in [-0.2, 0) is 25.7 Å². The fourth-order valence-corrected chi connectivity index (χ4v) is 7.45. The van der Waals surface area contributed by atoms with Crippen molar-refractivity contribution in [3.8, 4) is 44.5 Å². The van der Waals surface area contributed by atoms with Gasteiger partial charge in [0.05, 0.1) is 22.8 Å². The summed E-state index contributed by atoms with van der Waals surface area (Å²) in [5.74, 6) is 0. The number of H-pyrrole nitrogens is 2. The maximum atomic E-state index is 5.48. The van der Waals surface area contributed by atoms with Crippen LogP contribution >= 0.6 is 0 Å². The van der Waals surface area contributed by atoms with E-state index in [0.717, 1.165) is 104 Å². The number of aryl methyl sites for hydroxylation is 4. The van der Waals surface area contributed by atoms with Crippen molar-refractivity contribution in [3.05, 3.63) is 168 Å². The number of hydrogen-bond acceptors (Lipinski definition) is 2. The second-order valence-corrected chi connectivity index (χ2v) is 12.5. The van der Waals surface area contributed by atoms with Crippen molar-refractivity contribution < 1.29 is 0 Å². The summed E-state index contributed by atoms with van der Waals surface area (Å²) in [6.45, 7) is 0. The highest BCUT2D eigenvalue weighted by Crippen LogP contribution is 2.38. The van der Waals surface area contributed by atoms with Crippen LogP contribution in [-0.4, -0.2) is 19.9 Å². The van der Waals surface area contributed by atoms with Crippen molar-refractivity contribution in [2.45, 2.75) is 25.7 Å². The average molecular weight is 619 g/mol. The van der Waals surface area contributed by atoms with Gasteiger partial charge in [-0.15, -0.1) is 0 Å². The lowest BCUT2D eigenvalue weighted by molar-refractivity contribution is 1.00. The third-order valence-electron chi connectivity index (χ3n) is 9.59. The maximum Gasteiger partial charge on any atom is 0.0510 e. The van der Waals surface area contributed by atoms with Gasteiger partial charge < -0.3 is 9.97 Å². The van der Waals surface area contributed by atoms with E-state index in [1.807, 2.05) is 0 Å². The van der Waals surface area contributed by atoms with Crippen LogP contribution in [0.15, 0.2) is 146 Å². The number of hydrogen-bond donors (Lipinski definition) is 2. The van der Waals surface area contributed by atoms with Crippen LogP contribution in [0.5, 0.6) is 0 Å². The highest BCUT2D eigenvalue weighted by molar-refractivity contribution is 5.96. The Balaban J connectivity index is 1.47. The molecule has 7 aromatic rings. The summed E-state index contributed by atoms with van der Waals surface area (Å²) in [4.78, 5) is 18.7. The molecular formula is C44H34N4. The summed E-state index contributed by atoms with van der Waals surface area (Å²) in [7, 11) is 0. The van der Waals surface area contributed by atoms with Crippen LogP contribution in [0, 0.1) is 0 Å². The standard InChI is InChI=1S/C44H34N4/c1-5-13-29(14-6-1)41-33-21-23-35(45-33)42(30-15-7-2-8-16-30)37-25-27-39(47-37)44(32-19-11-4-12-20-32)40-28-26-38(48-40)43(31-17-9-3-10-18-31)36-24-22-34(41)46-36/h1-24,45-46H,25-28H2. The van der Waals surface area contributed by atoms with Gasteiger partial charge in [-0.25, -0.2) is 0 Å². The van der Waals surface area contributed by atoms with Gasteiger partial charge in [0.1, 0.15) is 0 Å². The molecule has 0 fully saturated rings. The number of nitrogens with zero attached hydrogens (tertiary/aromatic N) is 2. The molecule has 4 nitrogen and oxygen atoms in total. The van der Waals surface area contributed by atoms with Crippen molar-refractivity contribution >= 4 is 22.1 Å². The summed E-state index contributed by atoms with van der Waals surface area (Å²) >= 11 is 0. The van der Waals surface area contributed by atoms with Crippen LogP contribution in [0.1, 0.15) is 22.8 Å². The molecule has 0 amide bonds. The molecule has 2 aliphatic heterocycles. The van der Waals surface area contributed by atoms with E-state index in [1.54, 1.807) is 0 Å². The van der Waals surface area contributed by atoms with Gasteiger partial charge in [-0.1, -0.05) is 121 Å². The predicted molar refractivity (Wildman–Crippen MR) is 198 cm³/mol. The van der Waals surface area contributed by atoms with Crippen LogP contribution < -0.4 is 0 Å². The number of fused-ring (bicyclic) bond motifs is 8. The molecule has 0 spiro atoms. The van der Waals surface area contributed by atoms with Gasteiger partial charge in [0.25, 0.3) is 0 Å². The van der Waals surface area contributed by atoms with Gasteiger partial charge in [-0.3, -0.25) is 9.97 Å². The van der Waals surface area contributed by atoms with Gasteiger partial charge >= 0.3 is 0 Å². The molecule has 0 radical (unpaired) electrons. The Morgan fingerprint density at radius 1 is 0.292 bits per heavy atom. The van der Waals surface area contributed by atoms with Crippen molar-refractivity contribution in [2.24, 2.45) is 0 Å². The Kier molecular flexibility index (Phi) is 7.05. The van der Waals surface area contributed by atoms with Gasteiger partial charge in [0.2, 0.25) is 0 Å². The quantitative estimate of drug-likeness (QED) is 0.206. The first-order valence-corrected chi connectivity index (χ1v) is 16.8. The largest absolute Gasteiger partial charge is 0.354 e. The monoisotopic (exact) mass is 618 g/mol. The van der Waals surface area contributed by atoms with E-state index in [2.05, 4.69) is 156 Å². The van der Waals surface area contributed by atoms with Crippen LogP contribution in [0.25, 0.3) is 66.6 Å². The minimum atomic E-state index is 0.865. The Hall–Kier alpha value is -6.00. The zero-order valence-electron chi connectivity index (χ0n) is 26.6. The Labute approximate surface area is 279 Å².